The number of hydrogen-bond donors (Lipinski definition) is 1. The Hall–Kier alpha value is -3.23. The molecule has 3 rings (SSSR count). The van der Waals surface area contributed by atoms with Gasteiger partial charge in [0.05, 0.1) is 11.4 Å². The lowest BCUT2D eigenvalue weighted by Crippen LogP contribution is -2.52. The summed E-state index contributed by atoms with van der Waals surface area (Å²) in [6.07, 6.45) is 0.983. The highest BCUT2D eigenvalue weighted by atomic mass is 32.2. The number of carbonyl (C=O) groups is 2. The molecule has 2 amide bonds. The van der Waals surface area contributed by atoms with Crippen LogP contribution in [-0.4, -0.2) is 62.2 Å². The maximum Gasteiger partial charge on any atom is 0.243 e. The van der Waals surface area contributed by atoms with Gasteiger partial charge in [0.1, 0.15) is 6.04 Å². The molecule has 0 aliphatic rings. The molecule has 7 nitrogen and oxygen atoms in total. The van der Waals surface area contributed by atoms with Crippen LogP contribution >= 0.6 is 0 Å². The fourth-order valence-corrected chi connectivity index (χ4v) is 5.22. The molecule has 3 aromatic rings. The van der Waals surface area contributed by atoms with Gasteiger partial charge in [-0.1, -0.05) is 67.6 Å². The van der Waals surface area contributed by atoms with Crippen LogP contribution in [0.25, 0.3) is 10.8 Å². The molecule has 0 radical (unpaired) electrons. The van der Waals surface area contributed by atoms with E-state index in [-0.39, 0.29) is 17.3 Å². The fourth-order valence-electron chi connectivity index (χ4n) is 4.06. The van der Waals surface area contributed by atoms with Gasteiger partial charge in [0, 0.05) is 20.1 Å². The summed E-state index contributed by atoms with van der Waals surface area (Å²) < 4.78 is 27.6. The first-order valence-electron chi connectivity index (χ1n) is 11.8. The minimum absolute atomic E-state index is 0.123. The lowest BCUT2D eigenvalue weighted by Gasteiger charge is -2.31. The van der Waals surface area contributed by atoms with E-state index in [4.69, 9.17) is 0 Å². The van der Waals surface area contributed by atoms with Crippen molar-refractivity contribution in [1.82, 2.24) is 14.5 Å². The number of rotatable bonds is 11. The van der Waals surface area contributed by atoms with E-state index in [2.05, 4.69) is 5.32 Å². The van der Waals surface area contributed by atoms with Crippen LogP contribution in [0.15, 0.2) is 77.7 Å². The molecule has 3 aromatic carbocycles. The maximum absolute atomic E-state index is 13.4. The number of nitrogens with zero attached hydrogens (tertiary/aromatic N) is 2. The fraction of sp³-hybridized carbons (Fsp3) is 0.333. The van der Waals surface area contributed by atoms with E-state index < -0.39 is 22.0 Å². The van der Waals surface area contributed by atoms with Gasteiger partial charge in [0.2, 0.25) is 21.8 Å². The lowest BCUT2D eigenvalue weighted by molar-refractivity contribution is -0.140. The van der Waals surface area contributed by atoms with Gasteiger partial charge >= 0.3 is 0 Å². The minimum atomic E-state index is -3.90. The number of hydrogen-bond acceptors (Lipinski definition) is 4. The van der Waals surface area contributed by atoms with Crippen molar-refractivity contribution in [3.05, 3.63) is 78.4 Å². The van der Waals surface area contributed by atoms with E-state index in [9.17, 15) is 18.0 Å². The summed E-state index contributed by atoms with van der Waals surface area (Å²) in [5.74, 6) is -0.651. The first kappa shape index (κ1) is 26.4. The van der Waals surface area contributed by atoms with Gasteiger partial charge in [-0.25, -0.2) is 8.42 Å². The van der Waals surface area contributed by atoms with Crippen LogP contribution in [0.4, 0.5) is 0 Å². The SMILES string of the molecule is CCNC(=O)[C@H](CC)N(CCc1ccccc1)C(=O)CN(C)S(=O)(=O)c1ccc2ccccc2c1. The first-order valence-corrected chi connectivity index (χ1v) is 13.3. The monoisotopic (exact) mass is 495 g/mol. The van der Waals surface area contributed by atoms with Gasteiger partial charge in [-0.3, -0.25) is 9.59 Å². The summed E-state index contributed by atoms with van der Waals surface area (Å²) in [5.41, 5.74) is 1.04. The molecule has 0 aliphatic heterocycles. The van der Waals surface area contributed by atoms with Crippen molar-refractivity contribution >= 4 is 32.6 Å². The van der Waals surface area contributed by atoms with Gasteiger partial charge in [0.25, 0.3) is 0 Å². The molecule has 0 saturated carbocycles. The zero-order valence-corrected chi connectivity index (χ0v) is 21.3. The van der Waals surface area contributed by atoms with Crippen LogP contribution in [0.5, 0.6) is 0 Å². The van der Waals surface area contributed by atoms with Crippen molar-refractivity contribution in [2.45, 2.75) is 37.6 Å². The predicted octanol–water partition coefficient (Wildman–Crippen LogP) is 3.45. The minimum Gasteiger partial charge on any atom is -0.355 e. The average molecular weight is 496 g/mol. The van der Waals surface area contributed by atoms with E-state index in [1.54, 1.807) is 18.2 Å². The second-order valence-corrected chi connectivity index (χ2v) is 10.5. The van der Waals surface area contributed by atoms with Gasteiger partial charge < -0.3 is 10.2 Å². The predicted molar refractivity (Wildman–Crippen MR) is 138 cm³/mol. The molecule has 35 heavy (non-hydrogen) atoms. The van der Waals surface area contributed by atoms with Crippen molar-refractivity contribution in [3.8, 4) is 0 Å². The molecule has 0 saturated heterocycles. The van der Waals surface area contributed by atoms with E-state index in [0.717, 1.165) is 20.6 Å². The molecule has 0 fully saturated rings. The molecule has 0 aliphatic carbocycles. The summed E-state index contributed by atoms with van der Waals surface area (Å²) in [5, 5.41) is 4.53. The Balaban J connectivity index is 1.82. The van der Waals surface area contributed by atoms with Crippen LogP contribution < -0.4 is 5.32 Å². The largest absolute Gasteiger partial charge is 0.355 e. The van der Waals surface area contributed by atoms with Crippen molar-refractivity contribution in [1.29, 1.82) is 0 Å². The molecule has 0 heterocycles. The number of likely N-dealkylation sites (N-methyl/N-ethyl adjacent to an activating group) is 2. The van der Waals surface area contributed by atoms with E-state index in [0.29, 0.717) is 25.9 Å². The van der Waals surface area contributed by atoms with Crippen molar-refractivity contribution in [2.75, 3.05) is 26.7 Å². The summed E-state index contributed by atoms with van der Waals surface area (Å²) in [6.45, 7) is 4.07. The third-order valence-corrected chi connectivity index (χ3v) is 7.81. The average Bonchev–Trinajstić information content (AvgIpc) is 2.86. The highest BCUT2D eigenvalue weighted by Gasteiger charge is 2.31. The highest BCUT2D eigenvalue weighted by Crippen LogP contribution is 2.21. The van der Waals surface area contributed by atoms with Crippen LogP contribution in [0.2, 0.25) is 0 Å². The topological polar surface area (TPSA) is 86.8 Å². The quantitative estimate of drug-likeness (QED) is 0.442. The normalized spacial score (nSPS) is 12.5. The van der Waals surface area contributed by atoms with E-state index in [1.165, 1.54) is 11.9 Å². The Morgan fingerprint density at radius 3 is 2.23 bits per heavy atom. The lowest BCUT2D eigenvalue weighted by atomic mass is 10.1. The second-order valence-electron chi connectivity index (χ2n) is 8.41. The van der Waals surface area contributed by atoms with Crippen molar-refractivity contribution in [2.24, 2.45) is 0 Å². The molecular weight excluding hydrogens is 462 g/mol. The molecule has 0 unspecified atom stereocenters. The second kappa shape index (κ2) is 12.0. The van der Waals surface area contributed by atoms with Crippen molar-refractivity contribution < 1.29 is 18.0 Å². The highest BCUT2D eigenvalue weighted by molar-refractivity contribution is 7.89. The van der Waals surface area contributed by atoms with E-state index >= 15 is 0 Å². The Labute approximate surface area is 207 Å². The zero-order valence-electron chi connectivity index (χ0n) is 20.5. The van der Waals surface area contributed by atoms with Crippen LogP contribution in [0.1, 0.15) is 25.8 Å². The molecule has 1 atom stereocenters. The molecule has 8 heteroatoms. The van der Waals surface area contributed by atoms with Crippen molar-refractivity contribution in [3.63, 3.8) is 0 Å². The summed E-state index contributed by atoms with van der Waals surface area (Å²) in [4.78, 5) is 27.8. The molecular formula is C27H33N3O4S. The van der Waals surface area contributed by atoms with Crippen LogP contribution in [0.3, 0.4) is 0 Å². The number of carbonyl (C=O) groups excluding carboxylic acids is 2. The Kier molecular flexibility index (Phi) is 9.01. The van der Waals surface area contributed by atoms with Gasteiger partial charge in [-0.05, 0) is 48.2 Å². The zero-order chi connectivity index (χ0) is 25.4. The summed E-state index contributed by atoms with van der Waals surface area (Å²) in [6, 6.07) is 21.4. The Bertz CT molecular complexity index is 1260. The molecule has 0 aromatic heterocycles. The number of nitrogens with one attached hydrogen (secondary N) is 1. The van der Waals surface area contributed by atoms with Crippen LogP contribution in [-0.2, 0) is 26.0 Å². The smallest absolute Gasteiger partial charge is 0.243 e. The summed E-state index contributed by atoms with van der Waals surface area (Å²) in [7, 11) is -2.51. The molecule has 0 spiro atoms. The van der Waals surface area contributed by atoms with Gasteiger partial charge in [-0.15, -0.1) is 0 Å². The molecule has 1 N–H and O–H groups in total. The summed E-state index contributed by atoms with van der Waals surface area (Å²) >= 11 is 0. The molecule has 186 valence electrons. The third-order valence-electron chi connectivity index (χ3n) is 6.01. The van der Waals surface area contributed by atoms with Crippen LogP contribution in [0, 0.1) is 0 Å². The Morgan fingerprint density at radius 2 is 1.57 bits per heavy atom. The number of fused-ring (bicyclic) bond motifs is 1. The number of benzene rings is 3. The molecule has 0 bridgehead atoms. The van der Waals surface area contributed by atoms with Gasteiger partial charge in [-0.2, -0.15) is 4.31 Å². The Morgan fingerprint density at radius 1 is 0.914 bits per heavy atom. The maximum atomic E-state index is 13.4. The standard InChI is InChI=1S/C27H33N3O4S/c1-4-25(27(32)28-5-2)30(18-17-21-11-7-6-8-12-21)26(31)20-29(3)35(33,34)24-16-15-22-13-9-10-14-23(22)19-24/h6-16,19,25H,4-5,17-18,20H2,1-3H3,(H,28,32)/t25-/m0/s1. The number of amides is 2. The first-order chi connectivity index (χ1) is 16.8. The number of sulfonamides is 1. The van der Waals surface area contributed by atoms with E-state index in [1.807, 2.05) is 68.4 Å². The van der Waals surface area contributed by atoms with Gasteiger partial charge in [0.15, 0.2) is 0 Å². The third kappa shape index (κ3) is 6.46.